The minimum atomic E-state index is -0.00120. The lowest BCUT2D eigenvalue weighted by Crippen LogP contribution is -2.26. The van der Waals surface area contributed by atoms with Crippen LogP contribution >= 0.6 is 0 Å². The number of nitrogens with one attached hydrogen (secondary N) is 1. The molecule has 0 bridgehead atoms. The van der Waals surface area contributed by atoms with Crippen molar-refractivity contribution in [3.8, 4) is 0 Å². The Labute approximate surface area is 105 Å². The normalized spacial score (nSPS) is 17.2. The Morgan fingerprint density at radius 3 is 2.35 bits per heavy atom. The zero-order valence-corrected chi connectivity index (χ0v) is 11.7. The maximum absolute atomic E-state index is 11.5. The zero-order chi connectivity index (χ0) is 13.3. The van der Waals surface area contributed by atoms with Gasteiger partial charge >= 0.3 is 0 Å². The summed E-state index contributed by atoms with van der Waals surface area (Å²) in [6.07, 6.45) is 0.951. The highest BCUT2D eigenvalue weighted by atomic mass is 16.1. The Morgan fingerprint density at radius 1 is 1.12 bits per heavy atom. The Kier molecular flexibility index (Phi) is 8.12. The Hall–Kier alpha value is -1.31. The highest BCUT2D eigenvalue weighted by Crippen LogP contribution is 2.22. The summed E-state index contributed by atoms with van der Waals surface area (Å²) >= 11 is 0. The first-order valence-electron chi connectivity index (χ1n) is 6.64. The SMILES string of the molecule is CC.CC.CC1C(=O)NCCc2ccccc21. The van der Waals surface area contributed by atoms with Gasteiger partial charge < -0.3 is 5.32 Å². The third-order valence-corrected chi connectivity index (χ3v) is 2.61. The lowest BCUT2D eigenvalue weighted by atomic mass is 9.95. The molecule has 0 saturated carbocycles. The zero-order valence-electron chi connectivity index (χ0n) is 11.7. The summed E-state index contributed by atoms with van der Waals surface area (Å²) in [5, 5.41) is 2.90. The van der Waals surface area contributed by atoms with Crippen LogP contribution in [0.15, 0.2) is 24.3 Å². The maximum atomic E-state index is 11.5. The van der Waals surface area contributed by atoms with Crippen molar-refractivity contribution in [3.63, 3.8) is 0 Å². The summed E-state index contributed by atoms with van der Waals surface area (Å²) in [5.74, 6) is 0.142. The highest BCUT2D eigenvalue weighted by molar-refractivity contribution is 5.84. The van der Waals surface area contributed by atoms with E-state index < -0.39 is 0 Å². The van der Waals surface area contributed by atoms with Crippen LogP contribution in [0.5, 0.6) is 0 Å². The molecule has 0 aliphatic carbocycles. The number of amides is 1. The second kappa shape index (κ2) is 8.80. The fourth-order valence-corrected chi connectivity index (χ4v) is 1.80. The molecule has 1 aliphatic heterocycles. The van der Waals surface area contributed by atoms with E-state index in [1.165, 1.54) is 11.1 Å². The number of carbonyl (C=O) groups is 1. The second-order valence-electron chi connectivity index (χ2n) is 3.46. The van der Waals surface area contributed by atoms with Crippen LogP contribution in [0, 0.1) is 0 Å². The first-order valence-corrected chi connectivity index (χ1v) is 6.64. The third-order valence-electron chi connectivity index (χ3n) is 2.61. The Bertz CT molecular complexity index is 333. The lowest BCUT2D eigenvalue weighted by molar-refractivity contribution is -0.121. The van der Waals surface area contributed by atoms with E-state index in [0.29, 0.717) is 0 Å². The van der Waals surface area contributed by atoms with Crippen LogP contribution in [0.3, 0.4) is 0 Å². The van der Waals surface area contributed by atoms with Gasteiger partial charge in [0.05, 0.1) is 5.92 Å². The fourth-order valence-electron chi connectivity index (χ4n) is 1.80. The van der Waals surface area contributed by atoms with E-state index in [1.807, 2.05) is 52.8 Å². The van der Waals surface area contributed by atoms with Crippen molar-refractivity contribution >= 4 is 5.91 Å². The van der Waals surface area contributed by atoms with E-state index in [1.54, 1.807) is 0 Å². The molecular formula is C15H25NO. The molecule has 96 valence electrons. The first-order chi connectivity index (χ1) is 8.29. The van der Waals surface area contributed by atoms with Gasteiger partial charge in [-0.05, 0) is 24.5 Å². The van der Waals surface area contributed by atoms with Gasteiger partial charge in [0.15, 0.2) is 0 Å². The van der Waals surface area contributed by atoms with Crippen molar-refractivity contribution in [2.75, 3.05) is 6.54 Å². The number of fused-ring (bicyclic) bond motifs is 1. The molecule has 1 atom stereocenters. The molecule has 2 heteroatoms. The maximum Gasteiger partial charge on any atom is 0.227 e. The van der Waals surface area contributed by atoms with Crippen LogP contribution in [0.2, 0.25) is 0 Å². The van der Waals surface area contributed by atoms with Crippen molar-refractivity contribution in [1.29, 1.82) is 0 Å². The molecule has 0 spiro atoms. The molecule has 2 rings (SSSR count). The summed E-state index contributed by atoms with van der Waals surface area (Å²) < 4.78 is 0. The summed E-state index contributed by atoms with van der Waals surface area (Å²) in [5.41, 5.74) is 2.48. The van der Waals surface area contributed by atoms with Crippen LogP contribution in [-0.2, 0) is 11.2 Å². The van der Waals surface area contributed by atoms with Crippen molar-refractivity contribution in [2.45, 2.75) is 47.0 Å². The minimum Gasteiger partial charge on any atom is -0.355 e. The second-order valence-corrected chi connectivity index (χ2v) is 3.46. The molecule has 1 unspecified atom stereocenters. The first kappa shape index (κ1) is 15.7. The number of benzene rings is 1. The molecule has 1 N–H and O–H groups in total. The molecule has 0 saturated heterocycles. The van der Waals surface area contributed by atoms with Crippen LogP contribution in [0.4, 0.5) is 0 Å². The predicted octanol–water partition coefficient (Wildman–Crippen LogP) is 3.51. The molecule has 1 amide bonds. The van der Waals surface area contributed by atoms with E-state index in [4.69, 9.17) is 0 Å². The van der Waals surface area contributed by atoms with Crippen LogP contribution in [0.1, 0.15) is 51.7 Å². The van der Waals surface area contributed by atoms with Gasteiger partial charge in [-0.3, -0.25) is 4.79 Å². The van der Waals surface area contributed by atoms with Crippen LogP contribution in [0.25, 0.3) is 0 Å². The van der Waals surface area contributed by atoms with Gasteiger partial charge in [0, 0.05) is 6.54 Å². The number of hydrogen-bond acceptors (Lipinski definition) is 1. The van der Waals surface area contributed by atoms with Gasteiger partial charge in [0.1, 0.15) is 0 Å². The summed E-state index contributed by atoms with van der Waals surface area (Å²) in [4.78, 5) is 11.5. The van der Waals surface area contributed by atoms with E-state index in [2.05, 4.69) is 11.4 Å². The van der Waals surface area contributed by atoms with E-state index >= 15 is 0 Å². The minimum absolute atomic E-state index is 0.00120. The largest absolute Gasteiger partial charge is 0.355 e. The predicted molar refractivity (Wildman–Crippen MR) is 74.3 cm³/mol. The molecule has 1 aliphatic rings. The lowest BCUT2D eigenvalue weighted by Gasteiger charge is -2.09. The Balaban J connectivity index is 0.000000581. The molecule has 0 fully saturated rings. The average molecular weight is 235 g/mol. The molecular weight excluding hydrogens is 210 g/mol. The third kappa shape index (κ3) is 4.22. The van der Waals surface area contributed by atoms with Crippen LogP contribution in [-0.4, -0.2) is 12.5 Å². The standard InChI is InChI=1S/C11H13NO.2C2H6/c1-8-10-5-3-2-4-9(10)6-7-12-11(8)13;2*1-2/h2-5,8H,6-7H2,1H3,(H,12,13);2*1-2H3. The molecule has 1 heterocycles. The molecule has 1 aromatic rings. The molecule has 0 aromatic heterocycles. The highest BCUT2D eigenvalue weighted by Gasteiger charge is 2.20. The molecule has 2 nitrogen and oxygen atoms in total. The summed E-state index contributed by atoms with van der Waals surface area (Å²) in [6, 6.07) is 8.17. The van der Waals surface area contributed by atoms with Gasteiger partial charge in [0.2, 0.25) is 5.91 Å². The van der Waals surface area contributed by atoms with Gasteiger partial charge in [-0.25, -0.2) is 0 Å². The topological polar surface area (TPSA) is 29.1 Å². The number of hydrogen-bond donors (Lipinski definition) is 1. The number of rotatable bonds is 0. The fraction of sp³-hybridized carbons (Fsp3) is 0.533. The number of carbonyl (C=O) groups excluding carboxylic acids is 1. The molecule has 1 aromatic carbocycles. The monoisotopic (exact) mass is 235 g/mol. The average Bonchev–Trinajstić information content (AvgIpc) is 2.56. The van der Waals surface area contributed by atoms with Crippen molar-refractivity contribution in [1.82, 2.24) is 5.32 Å². The molecule has 17 heavy (non-hydrogen) atoms. The quantitative estimate of drug-likeness (QED) is 0.732. The van der Waals surface area contributed by atoms with Gasteiger partial charge in [-0.2, -0.15) is 0 Å². The van der Waals surface area contributed by atoms with Crippen molar-refractivity contribution in [3.05, 3.63) is 35.4 Å². The van der Waals surface area contributed by atoms with Crippen LogP contribution < -0.4 is 5.32 Å². The van der Waals surface area contributed by atoms with Crippen molar-refractivity contribution in [2.24, 2.45) is 0 Å². The van der Waals surface area contributed by atoms with E-state index in [-0.39, 0.29) is 11.8 Å². The van der Waals surface area contributed by atoms with E-state index in [0.717, 1.165) is 13.0 Å². The Morgan fingerprint density at radius 2 is 1.71 bits per heavy atom. The van der Waals surface area contributed by atoms with E-state index in [9.17, 15) is 4.79 Å². The van der Waals surface area contributed by atoms with Gasteiger partial charge in [-0.15, -0.1) is 0 Å². The smallest absolute Gasteiger partial charge is 0.227 e. The molecule has 0 radical (unpaired) electrons. The summed E-state index contributed by atoms with van der Waals surface area (Å²) in [6.45, 7) is 10.7. The van der Waals surface area contributed by atoms with Gasteiger partial charge in [-0.1, -0.05) is 52.0 Å². The summed E-state index contributed by atoms with van der Waals surface area (Å²) in [7, 11) is 0. The van der Waals surface area contributed by atoms with Crippen molar-refractivity contribution < 1.29 is 4.79 Å². The van der Waals surface area contributed by atoms with Gasteiger partial charge in [0.25, 0.3) is 0 Å².